The quantitative estimate of drug-likeness (QED) is 0.0135. The van der Waals surface area contributed by atoms with Crippen LogP contribution < -0.4 is 5.73 Å². The second-order valence-corrected chi connectivity index (χ2v) is 32.8. The van der Waals surface area contributed by atoms with Crippen molar-refractivity contribution in [3.63, 3.8) is 0 Å². The first-order chi connectivity index (χ1) is 58.1. The van der Waals surface area contributed by atoms with Gasteiger partial charge in [-0.1, -0.05) is 128 Å². The SMILES string of the molecule is Nc1ccc(CCCC(=O)OC[C@@H]2C3CCC(C3)C[C@@H]2OC(c2ccc(F)cc2)c2ccc(F)cc2)cc1.O=C(CCCc1ccc([N+](=O)[O-])cc1)OC[C@@H]1C2CCC(C2)C[C@@H]1OC(c1ccc(F)cc1)c1ccc(F)cc1.O=C(CCCc1ccc([N+](=O)[O-])cc1)OCl.OC[C@@H]1C2CCC(C2)C[C@@H]1OC(c1ccc(F)cc1)c1ccc(F)cc1. The smallest absolute Gasteiger partial charge is 0.324 e. The van der Waals surface area contributed by atoms with Crippen LogP contribution in [0.1, 0.15) is 184 Å². The Bertz CT molecular complexity index is 4620. The fourth-order valence-corrected chi connectivity index (χ4v) is 18.4. The molecule has 0 aromatic heterocycles. The summed E-state index contributed by atoms with van der Waals surface area (Å²) in [6.07, 6.45) is 16.2. The van der Waals surface area contributed by atoms with Gasteiger partial charge in [0.2, 0.25) is 0 Å². The molecule has 6 bridgehead atoms. The van der Waals surface area contributed by atoms with Gasteiger partial charge in [-0.25, -0.2) is 26.3 Å². The molecule has 12 atom stereocenters. The molecule has 6 saturated carbocycles. The molecule has 0 saturated heterocycles. The van der Waals surface area contributed by atoms with Crippen LogP contribution in [-0.4, -0.2) is 71.0 Å². The zero-order chi connectivity index (χ0) is 84.6. The Morgan fingerprint density at radius 3 is 0.900 bits per heavy atom. The number of nitrogens with zero attached hydrogens (tertiary/aromatic N) is 2. The Kier molecular flexibility index (Phi) is 32.5. The number of halogens is 7. The van der Waals surface area contributed by atoms with Crippen molar-refractivity contribution in [2.45, 2.75) is 171 Å². The van der Waals surface area contributed by atoms with Crippen LogP contribution in [-0.2, 0) is 61.6 Å². The lowest BCUT2D eigenvalue weighted by Crippen LogP contribution is -2.38. The number of aryl methyl sites for hydroxylation is 3. The molecule has 9 aromatic carbocycles. The number of rotatable bonds is 31. The maximum Gasteiger partial charge on any atom is 0.324 e. The Morgan fingerprint density at radius 1 is 0.375 bits per heavy atom. The number of carbonyl (C=O) groups excluding carboxylic acids is 3. The number of esters is 2. The van der Waals surface area contributed by atoms with Crippen LogP contribution in [0.15, 0.2) is 218 Å². The van der Waals surface area contributed by atoms with E-state index in [2.05, 4.69) is 4.29 Å². The summed E-state index contributed by atoms with van der Waals surface area (Å²) in [5.41, 5.74) is 14.5. The summed E-state index contributed by atoms with van der Waals surface area (Å²) in [5, 5.41) is 31.1. The number of nitrogens with two attached hydrogens (primary N) is 1. The highest BCUT2D eigenvalue weighted by molar-refractivity contribution is 6.13. The van der Waals surface area contributed by atoms with Gasteiger partial charge in [0, 0.05) is 73.6 Å². The fourth-order valence-electron chi connectivity index (χ4n) is 18.3. The number of fused-ring (bicyclic) bond motifs is 6. The molecule has 634 valence electrons. The molecule has 6 fully saturated rings. The summed E-state index contributed by atoms with van der Waals surface area (Å²) >= 11 is 4.86. The zero-order valence-corrected chi connectivity index (χ0v) is 67.5. The number of nitro groups is 2. The van der Waals surface area contributed by atoms with Crippen molar-refractivity contribution in [1.29, 1.82) is 0 Å². The van der Waals surface area contributed by atoms with Crippen LogP contribution in [0.5, 0.6) is 0 Å². The van der Waals surface area contributed by atoms with E-state index < -0.39 is 34.1 Å². The van der Waals surface area contributed by atoms with E-state index in [1.165, 1.54) is 110 Å². The van der Waals surface area contributed by atoms with E-state index in [4.69, 9.17) is 41.3 Å². The number of ether oxygens (including phenoxy) is 5. The molecule has 0 radical (unpaired) electrons. The van der Waals surface area contributed by atoms with E-state index in [0.717, 1.165) is 133 Å². The first-order valence-electron chi connectivity index (χ1n) is 41.6. The third-order valence-electron chi connectivity index (χ3n) is 24.6. The molecule has 6 aliphatic carbocycles. The number of aliphatic hydroxyl groups is 1. The average Bonchev–Trinajstić information content (AvgIpc) is 1.59. The maximum absolute atomic E-state index is 13.7. The first-order valence-corrected chi connectivity index (χ1v) is 41.9. The molecule has 0 aliphatic heterocycles. The number of aliphatic hydroxyl groups excluding tert-OH is 1. The van der Waals surface area contributed by atoms with Gasteiger partial charge in [0.25, 0.3) is 11.4 Å². The zero-order valence-electron chi connectivity index (χ0n) is 66.8. The van der Waals surface area contributed by atoms with Crippen molar-refractivity contribution in [2.24, 2.45) is 53.3 Å². The Hall–Kier alpha value is -10.3. The van der Waals surface area contributed by atoms with Crippen molar-refractivity contribution in [3.8, 4) is 0 Å². The van der Waals surface area contributed by atoms with Gasteiger partial charge < -0.3 is 38.8 Å². The molecule has 15 rings (SSSR count). The molecule has 3 N–H and O–H groups in total. The van der Waals surface area contributed by atoms with E-state index in [1.54, 1.807) is 97.1 Å². The van der Waals surface area contributed by atoms with Gasteiger partial charge in [0.05, 0.1) is 41.4 Å². The highest BCUT2D eigenvalue weighted by Gasteiger charge is 2.47. The third kappa shape index (κ3) is 25.6. The lowest BCUT2D eigenvalue weighted by atomic mass is 9.78. The maximum atomic E-state index is 13.7. The van der Waals surface area contributed by atoms with Gasteiger partial charge in [0.1, 0.15) is 65.1 Å². The topological polar surface area (TPSA) is 239 Å². The van der Waals surface area contributed by atoms with Crippen LogP contribution in [0.4, 0.5) is 43.4 Å². The van der Waals surface area contributed by atoms with Crippen LogP contribution in [0.2, 0.25) is 0 Å². The molecular weight excluding hydrogens is 1570 g/mol. The van der Waals surface area contributed by atoms with Gasteiger partial charge in [-0.3, -0.25) is 34.6 Å². The summed E-state index contributed by atoms with van der Waals surface area (Å²) in [6.45, 7) is 0.738. The fraction of sp³-hybridized carbons (Fsp3) is 0.406. The number of anilines is 1. The molecular formula is C96H102ClF6N3O14. The molecule has 120 heavy (non-hydrogen) atoms. The number of nitrogen functional groups attached to an aromatic ring is 1. The summed E-state index contributed by atoms with van der Waals surface area (Å²) in [7, 11) is 0. The predicted molar refractivity (Wildman–Crippen MR) is 442 cm³/mol. The average molecular weight is 1670 g/mol. The minimum atomic E-state index is -0.497. The number of non-ortho nitro benzene ring substituents is 2. The number of nitro benzene ring substituents is 2. The van der Waals surface area contributed by atoms with Crippen LogP contribution in [0.3, 0.4) is 0 Å². The molecule has 0 spiro atoms. The minimum absolute atomic E-state index is 0.0358. The molecule has 24 heteroatoms. The van der Waals surface area contributed by atoms with E-state index in [-0.39, 0.29) is 120 Å². The van der Waals surface area contributed by atoms with Crippen molar-refractivity contribution in [1.82, 2.24) is 0 Å². The highest BCUT2D eigenvalue weighted by Crippen LogP contribution is 2.51. The van der Waals surface area contributed by atoms with Gasteiger partial charge in [-0.15, -0.1) is 0 Å². The van der Waals surface area contributed by atoms with Crippen molar-refractivity contribution in [2.75, 3.05) is 25.6 Å². The van der Waals surface area contributed by atoms with Crippen molar-refractivity contribution < 1.29 is 83.7 Å². The minimum Gasteiger partial charge on any atom is -0.465 e. The van der Waals surface area contributed by atoms with E-state index in [0.29, 0.717) is 74.2 Å². The van der Waals surface area contributed by atoms with Crippen molar-refractivity contribution in [3.05, 3.63) is 324 Å². The summed E-state index contributed by atoms with van der Waals surface area (Å²) < 4.78 is 117. The largest absolute Gasteiger partial charge is 0.465 e. The second kappa shape index (κ2) is 43.8. The summed E-state index contributed by atoms with van der Waals surface area (Å²) in [5.74, 6) is 0.638. The molecule has 0 amide bonds. The third-order valence-corrected chi connectivity index (χ3v) is 24.8. The monoisotopic (exact) mass is 1670 g/mol. The van der Waals surface area contributed by atoms with E-state index in [9.17, 15) is 66.1 Å². The van der Waals surface area contributed by atoms with Crippen LogP contribution >= 0.6 is 11.9 Å². The van der Waals surface area contributed by atoms with Gasteiger partial charge in [0.15, 0.2) is 0 Å². The summed E-state index contributed by atoms with van der Waals surface area (Å²) in [6, 6.07) is 57.8. The predicted octanol–water partition coefficient (Wildman–Crippen LogP) is 21.9. The Balaban J connectivity index is 0.000000154. The first kappa shape index (κ1) is 89.0. The summed E-state index contributed by atoms with van der Waals surface area (Å²) in [4.78, 5) is 56.3. The van der Waals surface area contributed by atoms with Gasteiger partial charge >= 0.3 is 17.9 Å². The number of carbonyl (C=O) groups is 3. The Morgan fingerprint density at radius 2 is 0.633 bits per heavy atom. The standard InChI is InChI=1S/C32H33F2NO5.C32H35F2NO3.C22H24F2O2.C10H10ClNO4/c33-26-12-8-23(9-13-26)32(24-10-14-27(34)15-11-24)40-30-19-22-4-7-25(18-22)29(30)20-39-31(36)3-1-2-21-5-16-28(17-6-21)35(37)38;33-26-12-8-23(9-13-26)32(24-10-14-27(34)15-11-24)38-30-19-22-4-7-25(18-22)29(30)20-37-31(36)3-1-2-21-5-16-28(35)17-6-21;23-18-7-3-15(4-8-18)22(16-5-9-19(24)10-6-16)26-21-12-14-1-2-17(11-14)20(21)13-25;11-16-10(13)3-1-2-8-4-6-9(7-5-8)12(14)15/h5-6,8-17,22,25,29-30,32H,1-4,7,18-20H2;5-6,8-17,22,25,29-30,32H,1-4,7,18-20,35H2;3-10,14,17,20-22,25H,1-2,11-13H2;4-7H,1-3H2/t2*22?,25?,29-,30+;14?,17?,20-,21+;/m111./s1. The number of hydrogen-bond acceptors (Lipinski definition) is 15. The lowest BCUT2D eigenvalue weighted by molar-refractivity contribution is -0.385. The second-order valence-electron chi connectivity index (χ2n) is 32.6. The molecule has 17 nitrogen and oxygen atoms in total. The molecule has 9 aromatic rings. The molecule has 6 aliphatic rings. The Labute approximate surface area is 700 Å². The number of hydrogen-bond donors (Lipinski definition) is 2. The van der Waals surface area contributed by atoms with Crippen molar-refractivity contribution >= 4 is 46.8 Å². The normalized spacial score (nSPS) is 21.8. The van der Waals surface area contributed by atoms with Gasteiger partial charge in [-0.2, -0.15) is 0 Å². The van der Waals surface area contributed by atoms with Gasteiger partial charge in [-0.05, 0) is 267 Å². The lowest BCUT2D eigenvalue weighted by Gasteiger charge is -2.38. The molecule has 6 unspecified atom stereocenters. The highest BCUT2D eigenvalue weighted by atomic mass is 35.5. The van der Waals surface area contributed by atoms with E-state index in [1.807, 2.05) is 24.3 Å². The number of benzene rings is 9. The van der Waals surface area contributed by atoms with E-state index >= 15 is 0 Å². The molecule has 0 heterocycles. The van der Waals surface area contributed by atoms with Crippen LogP contribution in [0, 0.1) is 108 Å². The van der Waals surface area contributed by atoms with Crippen LogP contribution in [0.25, 0.3) is 0 Å².